The van der Waals surface area contributed by atoms with Gasteiger partial charge in [0.1, 0.15) is 10.1 Å². The Labute approximate surface area is 116 Å². The molecular formula is C12H17LiO3S. The van der Waals surface area contributed by atoms with Crippen LogP contribution in [0.1, 0.15) is 38.2 Å². The van der Waals surface area contributed by atoms with E-state index in [0.717, 1.165) is 24.8 Å². The van der Waals surface area contributed by atoms with Gasteiger partial charge in [-0.05, 0) is 30.5 Å². The third-order valence-corrected chi connectivity index (χ3v) is 3.34. The molecule has 0 aliphatic heterocycles. The van der Waals surface area contributed by atoms with Crippen LogP contribution in [0.25, 0.3) is 0 Å². The van der Waals surface area contributed by atoms with E-state index in [4.69, 9.17) is 0 Å². The second-order valence-corrected chi connectivity index (χ2v) is 5.29. The molecule has 0 saturated carbocycles. The smallest absolute Gasteiger partial charge is 0.744 e. The van der Waals surface area contributed by atoms with Gasteiger partial charge in [0.2, 0.25) is 0 Å². The van der Waals surface area contributed by atoms with Gasteiger partial charge in [-0.1, -0.05) is 38.3 Å². The third kappa shape index (κ3) is 6.28. The van der Waals surface area contributed by atoms with E-state index < -0.39 is 10.1 Å². The zero-order valence-electron chi connectivity index (χ0n) is 10.5. The first-order chi connectivity index (χ1) is 7.54. The summed E-state index contributed by atoms with van der Waals surface area (Å²) in [6, 6.07) is 6.31. The summed E-state index contributed by atoms with van der Waals surface area (Å²) in [5.41, 5.74) is 0.924. The fourth-order valence-electron chi connectivity index (χ4n) is 1.61. The Morgan fingerprint density at radius 3 is 2.47 bits per heavy atom. The summed E-state index contributed by atoms with van der Waals surface area (Å²) in [6.07, 6.45) is 5.39. The van der Waals surface area contributed by atoms with Gasteiger partial charge in [-0.15, -0.1) is 0 Å². The summed E-state index contributed by atoms with van der Waals surface area (Å²) in [5.74, 6) is 0. The summed E-state index contributed by atoms with van der Waals surface area (Å²) in [5, 5.41) is 0. The van der Waals surface area contributed by atoms with Crippen LogP contribution in [0, 0.1) is 0 Å². The molecule has 17 heavy (non-hydrogen) atoms. The van der Waals surface area contributed by atoms with Crippen LogP contribution in [0.3, 0.4) is 0 Å². The second kappa shape index (κ2) is 7.94. The van der Waals surface area contributed by atoms with Gasteiger partial charge in [-0.2, -0.15) is 0 Å². The van der Waals surface area contributed by atoms with Crippen LogP contribution < -0.4 is 18.9 Å². The fraction of sp³-hybridized carbons (Fsp3) is 0.500. The first kappa shape index (κ1) is 16.7. The van der Waals surface area contributed by atoms with Gasteiger partial charge in [-0.25, -0.2) is 8.42 Å². The Kier molecular flexibility index (Phi) is 7.81. The molecule has 0 saturated heterocycles. The number of hydrogen-bond donors (Lipinski definition) is 0. The molecule has 1 aromatic rings. The molecule has 0 aromatic heterocycles. The van der Waals surface area contributed by atoms with E-state index in [2.05, 4.69) is 6.92 Å². The molecule has 0 amide bonds. The van der Waals surface area contributed by atoms with E-state index in [1.807, 2.05) is 6.07 Å². The van der Waals surface area contributed by atoms with Crippen molar-refractivity contribution in [2.24, 2.45) is 0 Å². The first-order valence-electron chi connectivity index (χ1n) is 5.59. The maximum absolute atomic E-state index is 10.8. The van der Waals surface area contributed by atoms with E-state index in [1.54, 1.807) is 6.07 Å². The zero-order chi connectivity index (χ0) is 12.0. The van der Waals surface area contributed by atoms with Gasteiger partial charge in [0, 0.05) is 0 Å². The van der Waals surface area contributed by atoms with Crippen LogP contribution in [0.2, 0.25) is 0 Å². The van der Waals surface area contributed by atoms with E-state index in [1.165, 1.54) is 25.0 Å². The Balaban J connectivity index is 0.00000256. The molecule has 0 bridgehead atoms. The topological polar surface area (TPSA) is 57.2 Å². The number of rotatable bonds is 6. The number of hydrogen-bond acceptors (Lipinski definition) is 3. The van der Waals surface area contributed by atoms with Crippen LogP contribution in [0.5, 0.6) is 0 Å². The molecule has 0 atom stereocenters. The number of unbranched alkanes of at least 4 members (excludes halogenated alkanes) is 3. The summed E-state index contributed by atoms with van der Waals surface area (Å²) in [6.45, 7) is 2.14. The summed E-state index contributed by atoms with van der Waals surface area (Å²) < 4.78 is 32.4. The molecule has 1 aromatic carbocycles. The van der Waals surface area contributed by atoms with Crippen molar-refractivity contribution in [2.75, 3.05) is 0 Å². The van der Waals surface area contributed by atoms with Crippen LogP contribution in [-0.4, -0.2) is 13.0 Å². The van der Waals surface area contributed by atoms with Crippen LogP contribution in [-0.2, 0) is 16.5 Å². The molecule has 0 fully saturated rings. The predicted octanol–water partition coefficient (Wildman–Crippen LogP) is -0.282. The van der Waals surface area contributed by atoms with Gasteiger partial charge < -0.3 is 4.55 Å². The minimum Gasteiger partial charge on any atom is -0.744 e. The minimum absolute atomic E-state index is 0. The maximum Gasteiger partial charge on any atom is 1.00 e. The molecule has 0 aliphatic carbocycles. The van der Waals surface area contributed by atoms with Crippen LogP contribution >= 0.6 is 0 Å². The van der Waals surface area contributed by atoms with Crippen molar-refractivity contribution in [3.05, 3.63) is 29.8 Å². The summed E-state index contributed by atoms with van der Waals surface area (Å²) in [7, 11) is -4.31. The largest absolute Gasteiger partial charge is 1.00 e. The number of benzene rings is 1. The molecule has 0 radical (unpaired) electrons. The maximum atomic E-state index is 10.8. The zero-order valence-corrected chi connectivity index (χ0v) is 11.3. The van der Waals surface area contributed by atoms with Crippen LogP contribution in [0.4, 0.5) is 0 Å². The van der Waals surface area contributed by atoms with Crippen molar-refractivity contribution in [3.63, 3.8) is 0 Å². The molecule has 0 unspecified atom stereocenters. The summed E-state index contributed by atoms with van der Waals surface area (Å²) in [4.78, 5) is -0.125. The second-order valence-electron chi connectivity index (χ2n) is 3.91. The van der Waals surface area contributed by atoms with E-state index >= 15 is 0 Å². The van der Waals surface area contributed by atoms with E-state index in [0.29, 0.717) is 0 Å². The molecule has 0 spiro atoms. The third-order valence-electron chi connectivity index (χ3n) is 2.51. The van der Waals surface area contributed by atoms with Crippen molar-refractivity contribution in [3.8, 4) is 0 Å². The first-order valence-corrected chi connectivity index (χ1v) is 6.99. The SMILES string of the molecule is CCCCCCc1cccc(S(=O)(=O)[O-])c1.[Li+]. The van der Waals surface area contributed by atoms with Gasteiger partial charge >= 0.3 is 18.9 Å². The number of aryl methyl sites for hydroxylation is 1. The molecular weight excluding hydrogens is 231 g/mol. The molecule has 3 nitrogen and oxygen atoms in total. The molecule has 5 heteroatoms. The fourth-order valence-corrected chi connectivity index (χ4v) is 2.15. The van der Waals surface area contributed by atoms with Crippen molar-refractivity contribution < 1.29 is 31.8 Å². The monoisotopic (exact) mass is 248 g/mol. The van der Waals surface area contributed by atoms with Gasteiger partial charge in [-0.3, -0.25) is 0 Å². The molecule has 90 valence electrons. The quantitative estimate of drug-likeness (QED) is 0.395. The van der Waals surface area contributed by atoms with E-state index in [9.17, 15) is 13.0 Å². The molecule has 0 aliphatic rings. The molecule has 0 N–H and O–H groups in total. The van der Waals surface area contributed by atoms with Crippen molar-refractivity contribution in [1.29, 1.82) is 0 Å². The average Bonchev–Trinajstić information content (AvgIpc) is 2.24. The Morgan fingerprint density at radius 2 is 1.88 bits per heavy atom. The predicted molar refractivity (Wildman–Crippen MR) is 62.3 cm³/mol. The standard InChI is InChI=1S/C12H18O3S.Li/c1-2-3-4-5-7-11-8-6-9-12(10-11)16(13,14)15;/h6,8-10H,2-5,7H2,1H3,(H,13,14,15);/q;+1/p-1. The average molecular weight is 248 g/mol. The summed E-state index contributed by atoms with van der Waals surface area (Å²) >= 11 is 0. The Hall–Kier alpha value is -0.273. The van der Waals surface area contributed by atoms with Crippen molar-refractivity contribution >= 4 is 10.1 Å². The van der Waals surface area contributed by atoms with Gasteiger partial charge in [0.05, 0.1) is 4.90 Å². The van der Waals surface area contributed by atoms with Gasteiger partial charge in [0.15, 0.2) is 0 Å². The Bertz CT molecular complexity index is 429. The molecule has 1 rings (SSSR count). The minimum atomic E-state index is -4.31. The molecule has 0 heterocycles. The van der Waals surface area contributed by atoms with E-state index in [-0.39, 0.29) is 23.8 Å². The van der Waals surface area contributed by atoms with Crippen molar-refractivity contribution in [2.45, 2.75) is 43.9 Å². The Morgan fingerprint density at radius 1 is 1.18 bits per heavy atom. The van der Waals surface area contributed by atoms with Gasteiger partial charge in [0.25, 0.3) is 0 Å². The normalized spacial score (nSPS) is 10.9. The van der Waals surface area contributed by atoms with Crippen molar-refractivity contribution in [1.82, 2.24) is 0 Å². The van der Waals surface area contributed by atoms with Crippen LogP contribution in [0.15, 0.2) is 29.2 Å².